The van der Waals surface area contributed by atoms with Gasteiger partial charge in [-0.05, 0) is 31.5 Å². The van der Waals surface area contributed by atoms with Crippen molar-refractivity contribution in [3.05, 3.63) is 0 Å². The van der Waals surface area contributed by atoms with E-state index >= 15 is 0 Å². The zero-order valence-electron chi connectivity index (χ0n) is 11.0. The van der Waals surface area contributed by atoms with Crippen molar-refractivity contribution >= 4 is 27.2 Å². The third-order valence-electron chi connectivity index (χ3n) is 4.23. The third kappa shape index (κ3) is 3.38. The summed E-state index contributed by atoms with van der Waals surface area (Å²) >= 11 is 5.40. The first-order valence-electron chi connectivity index (χ1n) is 7.03. The van der Waals surface area contributed by atoms with Crippen molar-refractivity contribution in [1.29, 1.82) is 0 Å². The molecule has 5 nitrogen and oxygen atoms in total. The van der Waals surface area contributed by atoms with E-state index in [0.29, 0.717) is 17.5 Å². The minimum absolute atomic E-state index is 0.233. The molecule has 19 heavy (non-hydrogen) atoms. The lowest BCUT2D eigenvalue weighted by atomic mass is 10.2. The van der Waals surface area contributed by atoms with Crippen molar-refractivity contribution in [2.24, 2.45) is 0 Å². The molecule has 0 unspecified atom stereocenters. The molecule has 0 amide bonds. The smallest absolute Gasteiger partial charge is 0.169 e. The van der Waals surface area contributed by atoms with Crippen molar-refractivity contribution < 1.29 is 8.42 Å². The average Bonchev–Trinajstić information content (AvgIpc) is 3.11. The predicted octanol–water partition coefficient (Wildman–Crippen LogP) is -0.172. The Bertz CT molecular complexity index is 454. The summed E-state index contributed by atoms with van der Waals surface area (Å²) in [5, 5.41) is 4.24. The van der Waals surface area contributed by atoms with E-state index in [1.54, 1.807) is 0 Å². The molecule has 3 fully saturated rings. The van der Waals surface area contributed by atoms with Crippen LogP contribution in [0.1, 0.15) is 19.3 Å². The molecule has 2 saturated heterocycles. The maximum atomic E-state index is 11.5. The Morgan fingerprint density at radius 1 is 1.11 bits per heavy atom. The number of nitrogens with one attached hydrogen (secondary N) is 1. The van der Waals surface area contributed by atoms with E-state index in [4.69, 9.17) is 12.2 Å². The van der Waals surface area contributed by atoms with Gasteiger partial charge < -0.3 is 10.2 Å². The summed E-state index contributed by atoms with van der Waals surface area (Å²) < 4.78 is 23.0. The van der Waals surface area contributed by atoms with Crippen LogP contribution in [-0.2, 0) is 9.84 Å². The number of hydrogen-bond acceptors (Lipinski definition) is 4. The molecule has 7 heteroatoms. The van der Waals surface area contributed by atoms with Gasteiger partial charge in [0.25, 0.3) is 0 Å². The first kappa shape index (κ1) is 13.6. The number of rotatable bonds is 2. The lowest BCUT2D eigenvalue weighted by molar-refractivity contribution is 0.142. The molecule has 0 spiro atoms. The van der Waals surface area contributed by atoms with Gasteiger partial charge in [0.15, 0.2) is 14.9 Å². The van der Waals surface area contributed by atoms with Crippen LogP contribution >= 0.6 is 12.2 Å². The molecule has 1 saturated carbocycles. The highest BCUT2D eigenvalue weighted by Gasteiger charge is 2.34. The number of thiocarbonyl (C=S) groups is 1. The third-order valence-corrected chi connectivity index (χ3v) is 6.36. The van der Waals surface area contributed by atoms with Gasteiger partial charge in [-0.2, -0.15) is 0 Å². The molecule has 108 valence electrons. The number of piperazine rings is 1. The summed E-state index contributed by atoms with van der Waals surface area (Å²) in [6.07, 6.45) is 3.27. The van der Waals surface area contributed by atoms with Crippen LogP contribution in [0.25, 0.3) is 0 Å². The lowest BCUT2D eigenvalue weighted by Crippen LogP contribution is -2.54. The van der Waals surface area contributed by atoms with Gasteiger partial charge in [-0.25, -0.2) is 8.42 Å². The SMILES string of the molecule is O=S1(=O)CC[C@H](N2CCN(C(=S)NC3CC3)CC2)C1. The first-order chi connectivity index (χ1) is 9.03. The van der Waals surface area contributed by atoms with E-state index in [0.717, 1.165) is 37.7 Å². The van der Waals surface area contributed by atoms with Crippen LogP contribution < -0.4 is 5.32 Å². The zero-order chi connectivity index (χ0) is 13.5. The van der Waals surface area contributed by atoms with Crippen LogP contribution in [-0.4, -0.2) is 73.1 Å². The average molecular weight is 303 g/mol. The molecule has 2 aliphatic heterocycles. The van der Waals surface area contributed by atoms with Crippen LogP contribution in [0, 0.1) is 0 Å². The van der Waals surface area contributed by atoms with Gasteiger partial charge in [0.1, 0.15) is 0 Å². The molecule has 0 aromatic heterocycles. The molecule has 0 bridgehead atoms. The first-order valence-corrected chi connectivity index (χ1v) is 9.26. The van der Waals surface area contributed by atoms with Crippen LogP contribution in [0.3, 0.4) is 0 Å². The fourth-order valence-corrected chi connectivity index (χ4v) is 4.96. The van der Waals surface area contributed by atoms with Gasteiger partial charge >= 0.3 is 0 Å². The highest BCUT2D eigenvalue weighted by atomic mass is 32.2. The summed E-state index contributed by atoms with van der Waals surface area (Å²) in [5.41, 5.74) is 0. The Hall–Kier alpha value is -0.400. The van der Waals surface area contributed by atoms with Crippen molar-refractivity contribution in [2.45, 2.75) is 31.3 Å². The van der Waals surface area contributed by atoms with Gasteiger partial charge in [-0.1, -0.05) is 0 Å². The van der Waals surface area contributed by atoms with Crippen molar-refractivity contribution in [3.63, 3.8) is 0 Å². The van der Waals surface area contributed by atoms with Gasteiger partial charge in [0.05, 0.1) is 11.5 Å². The molecular formula is C12H21N3O2S2. The number of nitrogens with zero attached hydrogens (tertiary/aromatic N) is 2. The molecule has 0 radical (unpaired) electrons. The van der Waals surface area contributed by atoms with E-state index in [-0.39, 0.29) is 6.04 Å². The standard InChI is InChI=1S/C12H21N3O2S2/c16-19(17)8-3-11(9-19)14-4-6-15(7-5-14)12(18)13-10-1-2-10/h10-11H,1-9H2,(H,13,18)/t11-/m0/s1. The Morgan fingerprint density at radius 3 is 2.32 bits per heavy atom. The zero-order valence-corrected chi connectivity index (χ0v) is 12.7. The highest BCUT2D eigenvalue weighted by Crippen LogP contribution is 2.21. The molecule has 3 aliphatic rings. The largest absolute Gasteiger partial charge is 0.360 e. The van der Waals surface area contributed by atoms with E-state index < -0.39 is 9.84 Å². The second-order valence-electron chi connectivity index (χ2n) is 5.80. The Balaban J connectivity index is 1.47. The predicted molar refractivity (Wildman–Crippen MR) is 79.0 cm³/mol. The lowest BCUT2D eigenvalue weighted by Gasteiger charge is -2.38. The fourth-order valence-electron chi connectivity index (χ4n) is 2.85. The van der Waals surface area contributed by atoms with Gasteiger partial charge in [0, 0.05) is 38.3 Å². The summed E-state index contributed by atoms with van der Waals surface area (Å²) in [4.78, 5) is 4.54. The van der Waals surface area contributed by atoms with E-state index in [1.165, 1.54) is 12.8 Å². The minimum atomic E-state index is -2.78. The fraction of sp³-hybridized carbons (Fsp3) is 0.917. The molecule has 2 heterocycles. The molecule has 1 N–H and O–H groups in total. The van der Waals surface area contributed by atoms with E-state index in [1.807, 2.05) is 0 Å². The Labute approximate surface area is 120 Å². The number of sulfone groups is 1. The van der Waals surface area contributed by atoms with Gasteiger partial charge in [-0.15, -0.1) is 0 Å². The van der Waals surface area contributed by atoms with Crippen molar-refractivity contribution in [3.8, 4) is 0 Å². The van der Waals surface area contributed by atoms with Gasteiger partial charge in [-0.3, -0.25) is 4.90 Å². The Kier molecular flexibility index (Phi) is 3.70. The van der Waals surface area contributed by atoms with E-state index in [9.17, 15) is 8.42 Å². The maximum absolute atomic E-state index is 11.5. The molecule has 0 aromatic rings. The topological polar surface area (TPSA) is 52.7 Å². The molecule has 1 aliphatic carbocycles. The molecule has 0 aromatic carbocycles. The van der Waals surface area contributed by atoms with E-state index in [2.05, 4.69) is 15.1 Å². The second-order valence-corrected chi connectivity index (χ2v) is 8.42. The minimum Gasteiger partial charge on any atom is -0.360 e. The molecule has 1 atom stereocenters. The van der Waals surface area contributed by atoms with Crippen LogP contribution in [0.5, 0.6) is 0 Å². The van der Waals surface area contributed by atoms with Gasteiger partial charge in [0.2, 0.25) is 0 Å². The highest BCUT2D eigenvalue weighted by molar-refractivity contribution is 7.91. The molecule has 3 rings (SSSR count). The van der Waals surface area contributed by atoms with Crippen molar-refractivity contribution in [2.75, 3.05) is 37.7 Å². The quantitative estimate of drug-likeness (QED) is 0.715. The summed E-state index contributed by atoms with van der Waals surface area (Å²) in [6.45, 7) is 3.67. The summed E-state index contributed by atoms with van der Waals surface area (Å²) in [6, 6.07) is 0.836. The number of hydrogen-bond donors (Lipinski definition) is 1. The van der Waals surface area contributed by atoms with Crippen LogP contribution in [0.2, 0.25) is 0 Å². The normalized spacial score (nSPS) is 31.4. The summed E-state index contributed by atoms with van der Waals surface area (Å²) in [5.74, 6) is 0.706. The van der Waals surface area contributed by atoms with Crippen LogP contribution in [0.15, 0.2) is 0 Å². The summed E-state index contributed by atoms with van der Waals surface area (Å²) in [7, 11) is -2.78. The molecular weight excluding hydrogens is 282 g/mol. The van der Waals surface area contributed by atoms with Crippen molar-refractivity contribution in [1.82, 2.24) is 15.1 Å². The Morgan fingerprint density at radius 2 is 1.79 bits per heavy atom. The van der Waals surface area contributed by atoms with Crippen LogP contribution in [0.4, 0.5) is 0 Å². The maximum Gasteiger partial charge on any atom is 0.169 e. The second kappa shape index (κ2) is 5.18. The monoisotopic (exact) mass is 303 g/mol.